The molecule has 11 rings (SSSR count). The molecule has 0 atom stereocenters. The molecule has 0 aliphatic heterocycles. The maximum atomic E-state index is 2.47. The van der Waals surface area contributed by atoms with Crippen molar-refractivity contribution >= 4 is 60.2 Å². The summed E-state index contributed by atoms with van der Waals surface area (Å²) in [4.78, 5) is 2.47. The van der Waals surface area contributed by atoms with Gasteiger partial charge in [0.2, 0.25) is 0 Å². The molecule has 0 radical (unpaired) electrons. The van der Waals surface area contributed by atoms with Crippen LogP contribution in [0.4, 0.5) is 17.1 Å². The Morgan fingerprint density at radius 1 is 0.237 bits per heavy atom. The van der Waals surface area contributed by atoms with Crippen LogP contribution in [0.25, 0.3) is 87.6 Å². The largest absolute Gasteiger partial charge is 0.309 e. The molecule has 0 N–H and O–H groups in total. The third kappa shape index (κ3) is 6.04. The summed E-state index contributed by atoms with van der Waals surface area (Å²) >= 11 is 0. The van der Waals surface area contributed by atoms with Crippen LogP contribution in [0.3, 0.4) is 0 Å². The smallest absolute Gasteiger partial charge is 0.0546 e. The van der Waals surface area contributed by atoms with Crippen molar-refractivity contribution in [2.75, 3.05) is 4.90 Å². The van der Waals surface area contributed by atoms with Crippen LogP contribution in [0, 0.1) is 0 Å². The van der Waals surface area contributed by atoms with Crippen LogP contribution in [-0.4, -0.2) is 0 Å². The lowest BCUT2D eigenvalue weighted by atomic mass is 9.85. The molecular weight excluding hydrogens is 711 g/mol. The van der Waals surface area contributed by atoms with E-state index >= 15 is 0 Å². The van der Waals surface area contributed by atoms with Crippen LogP contribution in [0.2, 0.25) is 0 Å². The Kier molecular flexibility index (Phi) is 8.56. The van der Waals surface area contributed by atoms with E-state index in [0.717, 1.165) is 22.6 Å². The summed E-state index contributed by atoms with van der Waals surface area (Å²) in [5.74, 6) is 0. The van der Waals surface area contributed by atoms with Gasteiger partial charge < -0.3 is 4.90 Å². The van der Waals surface area contributed by atoms with E-state index in [0.29, 0.717) is 0 Å². The minimum atomic E-state index is 1.09. The molecule has 0 spiro atoms. The molecule has 59 heavy (non-hydrogen) atoms. The highest BCUT2D eigenvalue weighted by atomic mass is 15.1. The highest BCUT2D eigenvalue weighted by molar-refractivity contribution is 6.13. The summed E-state index contributed by atoms with van der Waals surface area (Å²) in [6, 6.07) is 86.4. The van der Waals surface area contributed by atoms with Crippen molar-refractivity contribution in [2.24, 2.45) is 0 Å². The van der Waals surface area contributed by atoms with Gasteiger partial charge in [-0.1, -0.05) is 206 Å². The molecule has 1 heteroatoms. The maximum Gasteiger partial charge on any atom is 0.0546 e. The van der Waals surface area contributed by atoms with E-state index in [4.69, 9.17) is 0 Å². The molecule has 0 aliphatic carbocycles. The Morgan fingerprint density at radius 3 is 1.49 bits per heavy atom. The first-order valence-corrected chi connectivity index (χ1v) is 20.3. The van der Waals surface area contributed by atoms with Crippen molar-refractivity contribution in [1.29, 1.82) is 0 Å². The number of hydrogen-bond acceptors (Lipinski definition) is 1. The summed E-state index contributed by atoms with van der Waals surface area (Å²) in [5.41, 5.74) is 12.9. The second-order valence-electron chi connectivity index (χ2n) is 15.2. The van der Waals surface area contributed by atoms with Gasteiger partial charge in [-0.3, -0.25) is 0 Å². The van der Waals surface area contributed by atoms with Crippen molar-refractivity contribution in [3.8, 4) is 44.5 Å². The minimum Gasteiger partial charge on any atom is -0.309 e. The summed E-state index contributed by atoms with van der Waals surface area (Å²) in [5, 5.41) is 9.93. The van der Waals surface area contributed by atoms with Gasteiger partial charge in [-0.25, -0.2) is 0 Å². The van der Waals surface area contributed by atoms with Crippen molar-refractivity contribution < 1.29 is 0 Å². The lowest BCUT2D eigenvalue weighted by Crippen LogP contribution is -2.13. The van der Waals surface area contributed by atoms with Crippen LogP contribution in [0.5, 0.6) is 0 Å². The first kappa shape index (κ1) is 34.5. The van der Waals surface area contributed by atoms with E-state index in [1.807, 2.05) is 0 Å². The predicted molar refractivity (Wildman–Crippen MR) is 253 cm³/mol. The molecule has 11 aromatic carbocycles. The second-order valence-corrected chi connectivity index (χ2v) is 15.2. The number of nitrogens with zero attached hydrogens (tertiary/aromatic N) is 1. The van der Waals surface area contributed by atoms with Gasteiger partial charge in [-0.05, 0) is 107 Å². The van der Waals surface area contributed by atoms with Gasteiger partial charge in [0.1, 0.15) is 0 Å². The predicted octanol–water partition coefficient (Wildman–Crippen LogP) is 16.4. The maximum absolute atomic E-state index is 2.47. The third-order valence-corrected chi connectivity index (χ3v) is 11.8. The minimum absolute atomic E-state index is 1.09. The topological polar surface area (TPSA) is 3.24 Å². The molecule has 0 aliphatic rings. The third-order valence-electron chi connectivity index (χ3n) is 11.8. The molecule has 0 aromatic heterocycles. The Labute approximate surface area is 344 Å². The lowest BCUT2D eigenvalue weighted by Gasteiger charge is -2.31. The molecular formula is C58H39N. The number of rotatable bonds is 7. The van der Waals surface area contributed by atoms with E-state index in [1.54, 1.807) is 0 Å². The Hall–Kier alpha value is -7.74. The zero-order valence-electron chi connectivity index (χ0n) is 32.5. The monoisotopic (exact) mass is 749 g/mol. The molecule has 0 unspecified atom stereocenters. The Balaban J connectivity index is 1.20. The molecule has 0 heterocycles. The number of anilines is 3. The highest BCUT2D eigenvalue weighted by Crippen LogP contribution is 2.51. The van der Waals surface area contributed by atoms with Gasteiger partial charge in [-0.2, -0.15) is 0 Å². The molecule has 276 valence electrons. The quantitative estimate of drug-likeness (QED) is 0.147. The molecule has 0 amide bonds. The summed E-state index contributed by atoms with van der Waals surface area (Å²) in [7, 11) is 0. The van der Waals surface area contributed by atoms with E-state index in [1.165, 1.54) is 82.0 Å². The van der Waals surface area contributed by atoms with Crippen LogP contribution in [0.15, 0.2) is 237 Å². The first-order valence-electron chi connectivity index (χ1n) is 20.3. The molecule has 11 aromatic rings. The first-order chi connectivity index (χ1) is 29.3. The normalized spacial score (nSPS) is 11.4. The van der Waals surface area contributed by atoms with Crippen molar-refractivity contribution in [2.45, 2.75) is 0 Å². The van der Waals surface area contributed by atoms with Crippen LogP contribution in [0.1, 0.15) is 0 Å². The fourth-order valence-electron chi connectivity index (χ4n) is 9.16. The standard InChI is InChI=1S/C58H39N/c1-4-19-42(20-5-1)57-50(45-33-34-49-44(39-45)32-31-41-18-11-12-26-47(41)49)35-38-56(58(57)43-21-6-2-7-22-43)59(46-24-8-3-9-25-46)55-37-36-53(52-28-14-15-29-54(52)55)51-30-16-23-40-17-10-13-27-48(40)51/h1-39H. The molecule has 0 bridgehead atoms. The zero-order valence-corrected chi connectivity index (χ0v) is 32.5. The van der Waals surface area contributed by atoms with E-state index in [-0.39, 0.29) is 0 Å². The number of fused-ring (bicyclic) bond motifs is 5. The van der Waals surface area contributed by atoms with E-state index in [2.05, 4.69) is 241 Å². The Morgan fingerprint density at radius 2 is 0.746 bits per heavy atom. The Bertz CT molecular complexity index is 3310. The van der Waals surface area contributed by atoms with Crippen molar-refractivity contribution in [3.05, 3.63) is 237 Å². The summed E-state index contributed by atoms with van der Waals surface area (Å²) < 4.78 is 0. The molecule has 1 nitrogen and oxygen atoms in total. The van der Waals surface area contributed by atoms with Gasteiger partial charge in [0, 0.05) is 16.6 Å². The number of benzene rings is 11. The average Bonchev–Trinajstić information content (AvgIpc) is 3.32. The van der Waals surface area contributed by atoms with Crippen LogP contribution < -0.4 is 4.90 Å². The van der Waals surface area contributed by atoms with Gasteiger partial charge in [0.25, 0.3) is 0 Å². The van der Waals surface area contributed by atoms with Crippen LogP contribution in [-0.2, 0) is 0 Å². The van der Waals surface area contributed by atoms with Gasteiger partial charge >= 0.3 is 0 Å². The van der Waals surface area contributed by atoms with Gasteiger partial charge in [-0.15, -0.1) is 0 Å². The van der Waals surface area contributed by atoms with Crippen LogP contribution >= 0.6 is 0 Å². The van der Waals surface area contributed by atoms with E-state index < -0.39 is 0 Å². The average molecular weight is 750 g/mol. The van der Waals surface area contributed by atoms with Crippen molar-refractivity contribution in [1.82, 2.24) is 0 Å². The second kappa shape index (κ2) is 14.6. The molecule has 0 saturated carbocycles. The summed E-state index contributed by atoms with van der Waals surface area (Å²) in [6.07, 6.45) is 0. The van der Waals surface area contributed by atoms with Crippen molar-refractivity contribution in [3.63, 3.8) is 0 Å². The lowest BCUT2D eigenvalue weighted by molar-refractivity contribution is 1.30. The molecule has 0 saturated heterocycles. The highest BCUT2D eigenvalue weighted by Gasteiger charge is 2.25. The zero-order chi connectivity index (χ0) is 39.1. The van der Waals surface area contributed by atoms with E-state index in [9.17, 15) is 0 Å². The fourth-order valence-corrected chi connectivity index (χ4v) is 9.16. The SMILES string of the molecule is c1ccc(-c2c(-c3ccc4c(ccc5ccccc54)c3)ccc(N(c3ccccc3)c3ccc(-c4cccc5ccccc45)c4ccccc34)c2-c2ccccc2)cc1. The number of hydrogen-bond donors (Lipinski definition) is 0. The molecule has 0 fully saturated rings. The van der Waals surface area contributed by atoms with Gasteiger partial charge in [0.05, 0.1) is 11.4 Å². The summed E-state index contributed by atoms with van der Waals surface area (Å²) in [6.45, 7) is 0. The van der Waals surface area contributed by atoms with Gasteiger partial charge in [0.15, 0.2) is 0 Å². The fraction of sp³-hybridized carbons (Fsp3) is 0. The number of para-hydroxylation sites is 1.